The summed E-state index contributed by atoms with van der Waals surface area (Å²) in [5, 5.41) is 0. The van der Waals surface area contributed by atoms with Gasteiger partial charge in [0.05, 0.1) is 4.90 Å². The summed E-state index contributed by atoms with van der Waals surface area (Å²) in [7, 11) is -3.72. The molecule has 0 aliphatic carbocycles. The van der Waals surface area contributed by atoms with Crippen LogP contribution in [0.3, 0.4) is 0 Å². The lowest BCUT2D eigenvalue weighted by molar-refractivity contribution is -0.149. The van der Waals surface area contributed by atoms with Gasteiger partial charge in [-0.1, -0.05) is 18.2 Å². The van der Waals surface area contributed by atoms with E-state index in [4.69, 9.17) is 5.73 Å². The van der Waals surface area contributed by atoms with E-state index >= 15 is 0 Å². The molecular weight excluding hydrogens is 243 g/mol. The second kappa shape index (κ2) is 4.06. The van der Waals surface area contributed by atoms with Crippen LogP contribution in [0, 0.1) is 0 Å². The highest BCUT2D eigenvalue weighted by Crippen LogP contribution is 2.33. The Morgan fingerprint density at radius 2 is 1.75 bits per heavy atom. The summed E-state index contributed by atoms with van der Waals surface area (Å²) in [6, 6.07) is 2.54. The molecule has 90 valence electrons. The third-order valence-corrected chi connectivity index (χ3v) is 3.18. The average Bonchev–Trinajstić information content (AvgIpc) is 2.14. The first-order chi connectivity index (χ1) is 7.14. The lowest BCUT2D eigenvalue weighted by Crippen LogP contribution is -2.29. The molecule has 0 saturated heterocycles. The van der Waals surface area contributed by atoms with Crippen LogP contribution >= 0.6 is 0 Å². The third kappa shape index (κ3) is 2.73. The van der Waals surface area contributed by atoms with E-state index in [1.807, 2.05) is 0 Å². The Morgan fingerprint density at radius 1 is 1.25 bits per heavy atom. The Hall–Kier alpha value is -1.08. The number of hydrogen-bond acceptors (Lipinski definition) is 3. The predicted octanol–water partition coefficient (Wildman–Crippen LogP) is 1.65. The van der Waals surface area contributed by atoms with Crippen LogP contribution in [0.5, 0.6) is 0 Å². The number of halogens is 3. The molecule has 0 aliphatic rings. The first-order valence-electron chi connectivity index (χ1n) is 4.25. The molecule has 0 aliphatic heterocycles. The number of sulfone groups is 1. The van der Waals surface area contributed by atoms with Gasteiger partial charge in [-0.3, -0.25) is 0 Å². The van der Waals surface area contributed by atoms with Crippen LogP contribution in [0.15, 0.2) is 29.2 Å². The molecule has 0 spiro atoms. The first kappa shape index (κ1) is 13.0. The number of nitrogens with two attached hydrogens (primary N) is 1. The fraction of sp³-hybridized carbons (Fsp3) is 0.333. The van der Waals surface area contributed by atoms with Crippen molar-refractivity contribution in [3.05, 3.63) is 29.8 Å². The topological polar surface area (TPSA) is 60.2 Å². The standard InChI is InChI=1S/C9H10F3NO2S/c1-16(14,15)7-5-3-2-4-6(7)8(13)9(10,11)12/h2-5,8H,13H2,1H3. The minimum Gasteiger partial charge on any atom is -0.316 e. The lowest BCUT2D eigenvalue weighted by atomic mass is 10.1. The van der Waals surface area contributed by atoms with Crippen molar-refractivity contribution in [1.82, 2.24) is 0 Å². The van der Waals surface area contributed by atoms with Gasteiger partial charge in [0, 0.05) is 6.26 Å². The van der Waals surface area contributed by atoms with Crippen molar-refractivity contribution in [2.75, 3.05) is 6.26 Å². The maximum Gasteiger partial charge on any atom is 0.407 e. The quantitative estimate of drug-likeness (QED) is 0.871. The van der Waals surface area contributed by atoms with Gasteiger partial charge < -0.3 is 5.73 Å². The largest absolute Gasteiger partial charge is 0.407 e. The van der Waals surface area contributed by atoms with Gasteiger partial charge in [0.1, 0.15) is 6.04 Å². The molecule has 3 nitrogen and oxygen atoms in total. The van der Waals surface area contributed by atoms with Gasteiger partial charge in [-0.15, -0.1) is 0 Å². The molecule has 1 aromatic rings. The zero-order valence-corrected chi connectivity index (χ0v) is 9.14. The molecule has 0 bridgehead atoms. The summed E-state index contributed by atoms with van der Waals surface area (Å²) in [5.41, 5.74) is 4.55. The van der Waals surface area contributed by atoms with E-state index in [1.54, 1.807) is 0 Å². The van der Waals surface area contributed by atoms with Gasteiger partial charge in [-0.05, 0) is 11.6 Å². The van der Waals surface area contributed by atoms with Crippen LogP contribution in [0.1, 0.15) is 11.6 Å². The molecule has 16 heavy (non-hydrogen) atoms. The number of rotatable bonds is 2. The van der Waals surface area contributed by atoms with Gasteiger partial charge in [-0.25, -0.2) is 8.42 Å². The molecule has 7 heteroatoms. The summed E-state index contributed by atoms with van der Waals surface area (Å²) >= 11 is 0. The minimum atomic E-state index is -4.67. The van der Waals surface area contributed by atoms with E-state index in [0.29, 0.717) is 0 Å². The highest BCUT2D eigenvalue weighted by Gasteiger charge is 2.39. The van der Waals surface area contributed by atoms with Gasteiger partial charge in [0.2, 0.25) is 0 Å². The van der Waals surface area contributed by atoms with E-state index in [9.17, 15) is 21.6 Å². The van der Waals surface area contributed by atoms with Crippen LogP contribution in [0.4, 0.5) is 13.2 Å². The molecule has 1 unspecified atom stereocenters. The molecule has 1 aromatic carbocycles. The summed E-state index contributed by atoms with van der Waals surface area (Å²) in [6.07, 6.45) is -3.82. The number of benzene rings is 1. The summed E-state index contributed by atoms with van der Waals surface area (Å²) < 4.78 is 59.7. The number of alkyl halides is 3. The molecule has 0 aromatic heterocycles. The molecule has 0 amide bonds. The molecule has 0 fully saturated rings. The van der Waals surface area contributed by atoms with E-state index in [1.165, 1.54) is 12.1 Å². The van der Waals surface area contributed by atoms with Crippen molar-refractivity contribution < 1.29 is 21.6 Å². The average molecular weight is 253 g/mol. The SMILES string of the molecule is CS(=O)(=O)c1ccccc1C(N)C(F)(F)F. The second-order valence-electron chi connectivity index (χ2n) is 3.33. The van der Waals surface area contributed by atoms with E-state index in [2.05, 4.69) is 0 Å². The van der Waals surface area contributed by atoms with Crippen LogP contribution in [-0.2, 0) is 9.84 Å². The second-order valence-corrected chi connectivity index (χ2v) is 5.31. The molecule has 0 saturated carbocycles. The molecule has 2 N–H and O–H groups in total. The third-order valence-electron chi connectivity index (χ3n) is 2.01. The van der Waals surface area contributed by atoms with Crippen molar-refractivity contribution in [2.45, 2.75) is 17.1 Å². The summed E-state index contributed by atoms with van der Waals surface area (Å²) in [5.74, 6) is 0. The zero-order chi connectivity index (χ0) is 12.6. The Balaban J connectivity index is 3.36. The van der Waals surface area contributed by atoms with Crippen molar-refractivity contribution in [1.29, 1.82) is 0 Å². The normalized spacial score (nSPS) is 14.8. The van der Waals surface area contributed by atoms with E-state index in [0.717, 1.165) is 18.4 Å². The molecule has 0 radical (unpaired) electrons. The highest BCUT2D eigenvalue weighted by molar-refractivity contribution is 7.90. The predicted molar refractivity (Wildman–Crippen MR) is 52.5 cm³/mol. The van der Waals surface area contributed by atoms with Gasteiger partial charge >= 0.3 is 6.18 Å². The maximum absolute atomic E-state index is 12.4. The Morgan fingerprint density at radius 3 is 2.19 bits per heavy atom. The Bertz CT molecular complexity index is 482. The summed E-state index contributed by atoms with van der Waals surface area (Å²) in [6.45, 7) is 0. The molecular formula is C9H10F3NO2S. The van der Waals surface area contributed by atoms with Crippen LogP contribution in [0.2, 0.25) is 0 Å². The first-order valence-corrected chi connectivity index (χ1v) is 6.14. The molecule has 1 rings (SSSR count). The van der Waals surface area contributed by atoms with Crippen molar-refractivity contribution in [3.63, 3.8) is 0 Å². The number of hydrogen-bond donors (Lipinski definition) is 1. The van der Waals surface area contributed by atoms with Crippen LogP contribution in [0.25, 0.3) is 0 Å². The van der Waals surface area contributed by atoms with Crippen LogP contribution in [-0.4, -0.2) is 20.8 Å². The fourth-order valence-electron chi connectivity index (χ4n) is 1.25. The van der Waals surface area contributed by atoms with E-state index in [-0.39, 0.29) is 4.90 Å². The molecule has 1 atom stereocenters. The molecule has 0 heterocycles. The zero-order valence-electron chi connectivity index (χ0n) is 8.32. The van der Waals surface area contributed by atoms with Gasteiger partial charge in [0.25, 0.3) is 0 Å². The monoisotopic (exact) mass is 253 g/mol. The fourth-order valence-corrected chi connectivity index (χ4v) is 2.20. The highest BCUT2D eigenvalue weighted by atomic mass is 32.2. The maximum atomic E-state index is 12.4. The van der Waals surface area contributed by atoms with Crippen molar-refractivity contribution >= 4 is 9.84 Å². The van der Waals surface area contributed by atoms with E-state index < -0.39 is 27.6 Å². The minimum absolute atomic E-state index is 0.389. The van der Waals surface area contributed by atoms with Gasteiger partial charge in [-0.2, -0.15) is 13.2 Å². The van der Waals surface area contributed by atoms with Gasteiger partial charge in [0.15, 0.2) is 9.84 Å². The smallest absolute Gasteiger partial charge is 0.316 e. The lowest BCUT2D eigenvalue weighted by Gasteiger charge is -2.18. The summed E-state index contributed by atoms with van der Waals surface area (Å²) in [4.78, 5) is -0.389. The van der Waals surface area contributed by atoms with Crippen molar-refractivity contribution in [2.24, 2.45) is 5.73 Å². The Kier molecular flexibility index (Phi) is 3.30. The Labute approximate surface area is 91.0 Å². The van der Waals surface area contributed by atoms with Crippen molar-refractivity contribution in [3.8, 4) is 0 Å². The van der Waals surface area contributed by atoms with Crippen LogP contribution < -0.4 is 5.73 Å².